The summed E-state index contributed by atoms with van der Waals surface area (Å²) in [5.41, 5.74) is 1.34. The molecule has 27 heavy (non-hydrogen) atoms. The minimum atomic E-state index is -0.642. The number of imide groups is 1. The number of carbonyl (C=O) groups is 2. The third-order valence-electron chi connectivity index (χ3n) is 3.92. The molecule has 2 amide bonds. The molecule has 2 heterocycles. The van der Waals surface area contributed by atoms with Crippen LogP contribution in [0.2, 0.25) is 20.1 Å². The minimum absolute atomic E-state index is 0.0681. The summed E-state index contributed by atoms with van der Waals surface area (Å²) in [6.45, 7) is 0. The van der Waals surface area contributed by atoms with Gasteiger partial charge >= 0.3 is 0 Å². The summed E-state index contributed by atoms with van der Waals surface area (Å²) in [6, 6.07) is 7.50. The van der Waals surface area contributed by atoms with Crippen molar-refractivity contribution in [1.29, 1.82) is 0 Å². The van der Waals surface area contributed by atoms with Gasteiger partial charge in [0.2, 0.25) is 0 Å². The molecular formula is C17H5BrCl4N2O2S. The molecule has 136 valence electrons. The van der Waals surface area contributed by atoms with Gasteiger partial charge in [-0.25, -0.2) is 9.88 Å². The SMILES string of the molecule is O=C1c2c(Cl)c(Cl)c(Cl)c(Cl)c2C(=O)N1c1nc(-c2ccc(Br)cc2)cs1. The summed E-state index contributed by atoms with van der Waals surface area (Å²) in [4.78, 5) is 31.1. The van der Waals surface area contributed by atoms with Crippen LogP contribution in [0.3, 0.4) is 0 Å². The molecule has 1 aromatic heterocycles. The summed E-state index contributed by atoms with van der Waals surface area (Å²) in [6.07, 6.45) is 0. The standard InChI is InChI=1S/C17H5BrCl4N2O2S/c18-7-3-1-6(2-4-7)8-5-27-17(23-8)24-15(25)9-10(16(24)26)12(20)14(22)13(21)11(9)19/h1-5H. The van der Waals surface area contributed by atoms with Crippen molar-refractivity contribution >= 4 is 90.6 Å². The maximum absolute atomic E-state index is 12.9. The van der Waals surface area contributed by atoms with E-state index in [0.717, 1.165) is 26.3 Å². The summed E-state index contributed by atoms with van der Waals surface area (Å²) in [5.74, 6) is -1.28. The van der Waals surface area contributed by atoms with Crippen molar-refractivity contribution in [2.24, 2.45) is 0 Å². The van der Waals surface area contributed by atoms with Crippen LogP contribution in [0.4, 0.5) is 5.13 Å². The van der Waals surface area contributed by atoms with E-state index in [1.54, 1.807) is 5.38 Å². The van der Waals surface area contributed by atoms with Gasteiger partial charge < -0.3 is 0 Å². The average Bonchev–Trinajstić information content (AvgIpc) is 3.21. The average molecular weight is 523 g/mol. The highest BCUT2D eigenvalue weighted by molar-refractivity contribution is 9.10. The second kappa shape index (κ2) is 7.03. The van der Waals surface area contributed by atoms with E-state index in [4.69, 9.17) is 46.4 Å². The van der Waals surface area contributed by atoms with Gasteiger partial charge in [0.25, 0.3) is 11.8 Å². The fourth-order valence-corrected chi connectivity index (χ4v) is 4.75. The number of nitrogens with zero attached hydrogens (tertiary/aromatic N) is 2. The zero-order valence-electron chi connectivity index (χ0n) is 12.9. The van der Waals surface area contributed by atoms with Crippen LogP contribution in [0.25, 0.3) is 11.3 Å². The molecule has 0 fully saturated rings. The van der Waals surface area contributed by atoms with E-state index >= 15 is 0 Å². The lowest BCUT2D eigenvalue weighted by Crippen LogP contribution is -2.29. The van der Waals surface area contributed by atoms with Gasteiger partial charge in [0.05, 0.1) is 36.9 Å². The number of anilines is 1. The van der Waals surface area contributed by atoms with E-state index in [2.05, 4.69) is 20.9 Å². The van der Waals surface area contributed by atoms with Crippen LogP contribution in [0, 0.1) is 0 Å². The topological polar surface area (TPSA) is 50.3 Å². The molecule has 1 aliphatic rings. The van der Waals surface area contributed by atoms with Crippen LogP contribution in [0.1, 0.15) is 20.7 Å². The number of amides is 2. The van der Waals surface area contributed by atoms with Gasteiger partial charge in [-0.1, -0.05) is 74.5 Å². The second-order valence-electron chi connectivity index (χ2n) is 5.47. The summed E-state index contributed by atoms with van der Waals surface area (Å²) >= 11 is 28.9. The van der Waals surface area contributed by atoms with Gasteiger partial charge in [0.1, 0.15) is 0 Å². The number of carbonyl (C=O) groups excluding carboxylic acids is 2. The Morgan fingerprint density at radius 3 is 1.89 bits per heavy atom. The van der Waals surface area contributed by atoms with Crippen LogP contribution in [0.15, 0.2) is 34.1 Å². The van der Waals surface area contributed by atoms with Crippen molar-refractivity contribution in [2.75, 3.05) is 4.90 Å². The summed E-state index contributed by atoms with van der Waals surface area (Å²) < 4.78 is 0.931. The fourth-order valence-electron chi connectivity index (χ4n) is 2.64. The van der Waals surface area contributed by atoms with Gasteiger partial charge in [-0.3, -0.25) is 9.59 Å². The van der Waals surface area contributed by atoms with E-state index < -0.39 is 11.8 Å². The van der Waals surface area contributed by atoms with Crippen LogP contribution >= 0.6 is 73.7 Å². The molecule has 0 atom stereocenters. The fraction of sp³-hybridized carbons (Fsp3) is 0. The van der Waals surface area contributed by atoms with Crippen LogP contribution < -0.4 is 4.90 Å². The Morgan fingerprint density at radius 1 is 0.852 bits per heavy atom. The van der Waals surface area contributed by atoms with Crippen molar-refractivity contribution < 1.29 is 9.59 Å². The zero-order valence-corrected chi connectivity index (χ0v) is 18.3. The third-order valence-corrected chi connectivity index (χ3v) is 7.08. The van der Waals surface area contributed by atoms with Crippen molar-refractivity contribution in [3.63, 3.8) is 0 Å². The first-order valence-corrected chi connectivity index (χ1v) is 10.5. The number of hydrogen-bond donors (Lipinski definition) is 0. The van der Waals surface area contributed by atoms with Crippen LogP contribution in [-0.2, 0) is 0 Å². The molecule has 10 heteroatoms. The lowest BCUT2D eigenvalue weighted by molar-refractivity contribution is 0.0926. The molecule has 0 saturated carbocycles. The highest BCUT2D eigenvalue weighted by atomic mass is 79.9. The molecule has 0 radical (unpaired) electrons. The lowest BCUT2D eigenvalue weighted by Gasteiger charge is -2.09. The molecule has 3 aromatic rings. The number of rotatable bonds is 2. The predicted molar refractivity (Wildman–Crippen MR) is 113 cm³/mol. The van der Waals surface area contributed by atoms with E-state index in [0.29, 0.717) is 5.69 Å². The quantitative estimate of drug-likeness (QED) is 0.207. The van der Waals surface area contributed by atoms with Gasteiger partial charge in [0, 0.05) is 15.4 Å². The van der Waals surface area contributed by atoms with Gasteiger partial charge in [-0.05, 0) is 12.1 Å². The smallest absolute Gasteiger partial charge is 0.268 e. The number of fused-ring (bicyclic) bond motifs is 1. The van der Waals surface area contributed by atoms with Crippen molar-refractivity contribution in [3.05, 3.63) is 65.3 Å². The first-order valence-electron chi connectivity index (χ1n) is 7.27. The Balaban J connectivity index is 1.79. The lowest BCUT2D eigenvalue weighted by atomic mass is 10.1. The molecule has 0 saturated heterocycles. The van der Waals surface area contributed by atoms with Crippen LogP contribution in [-0.4, -0.2) is 16.8 Å². The molecule has 4 nitrogen and oxygen atoms in total. The van der Waals surface area contributed by atoms with Crippen molar-refractivity contribution in [1.82, 2.24) is 4.98 Å². The zero-order chi connectivity index (χ0) is 19.5. The van der Waals surface area contributed by atoms with Gasteiger partial charge in [-0.15, -0.1) is 11.3 Å². The molecule has 4 rings (SSSR count). The first-order chi connectivity index (χ1) is 12.8. The number of halogens is 5. The van der Waals surface area contributed by atoms with E-state index in [-0.39, 0.29) is 36.3 Å². The van der Waals surface area contributed by atoms with E-state index in [9.17, 15) is 9.59 Å². The Labute approximate surface area is 185 Å². The molecule has 0 unspecified atom stereocenters. The Bertz CT molecular complexity index is 1080. The first kappa shape index (κ1) is 19.2. The monoisotopic (exact) mass is 520 g/mol. The Hall–Kier alpha value is -1.15. The van der Waals surface area contributed by atoms with Crippen LogP contribution in [0.5, 0.6) is 0 Å². The number of hydrogen-bond acceptors (Lipinski definition) is 4. The Kier molecular flexibility index (Phi) is 4.99. The maximum atomic E-state index is 12.9. The second-order valence-corrected chi connectivity index (χ2v) is 8.74. The molecule has 0 spiro atoms. The van der Waals surface area contributed by atoms with E-state index in [1.165, 1.54) is 0 Å². The Morgan fingerprint density at radius 2 is 1.37 bits per heavy atom. The van der Waals surface area contributed by atoms with Crippen molar-refractivity contribution in [3.8, 4) is 11.3 Å². The van der Waals surface area contributed by atoms with Gasteiger partial charge in [-0.2, -0.15) is 0 Å². The predicted octanol–water partition coefficient (Wildman–Crippen LogP) is 6.99. The highest BCUT2D eigenvalue weighted by Gasteiger charge is 2.43. The molecular weight excluding hydrogens is 518 g/mol. The molecule has 0 bridgehead atoms. The minimum Gasteiger partial charge on any atom is -0.268 e. The molecule has 1 aliphatic heterocycles. The van der Waals surface area contributed by atoms with E-state index in [1.807, 2.05) is 24.3 Å². The normalized spacial score (nSPS) is 13.4. The van der Waals surface area contributed by atoms with Gasteiger partial charge in [0.15, 0.2) is 5.13 Å². The maximum Gasteiger partial charge on any atom is 0.269 e. The third kappa shape index (κ3) is 2.99. The number of aromatic nitrogens is 1. The van der Waals surface area contributed by atoms with Crippen molar-refractivity contribution in [2.45, 2.75) is 0 Å². The number of benzene rings is 2. The number of thiazole rings is 1. The largest absolute Gasteiger partial charge is 0.269 e. The summed E-state index contributed by atoms with van der Waals surface area (Å²) in [7, 11) is 0. The molecule has 0 aliphatic carbocycles. The molecule has 2 aromatic carbocycles. The highest BCUT2D eigenvalue weighted by Crippen LogP contribution is 2.46. The molecule has 0 N–H and O–H groups in total. The summed E-state index contributed by atoms with van der Waals surface area (Å²) in [5, 5.41) is 1.61.